The molecule has 0 N–H and O–H groups in total. The quantitative estimate of drug-likeness (QED) is 0.706. The summed E-state index contributed by atoms with van der Waals surface area (Å²) in [5.41, 5.74) is 2.78. The highest BCUT2D eigenvalue weighted by Crippen LogP contribution is 2.41. The zero-order valence-electron chi connectivity index (χ0n) is 11.4. The average molecular weight is 246 g/mol. The maximum Gasteiger partial charge on any atom is 0.122 e. The van der Waals surface area contributed by atoms with Crippen LogP contribution in [0, 0.1) is 5.92 Å². The molecule has 0 fully saturated rings. The van der Waals surface area contributed by atoms with E-state index < -0.39 is 8.07 Å². The SMILES string of the molecule is CC1OC([Si](C)(C)C)=C(c2ccccc2)C1C. The Labute approximate surface area is 106 Å². The van der Waals surface area contributed by atoms with E-state index in [0.29, 0.717) is 12.0 Å². The molecule has 0 radical (unpaired) electrons. The molecule has 1 aromatic carbocycles. The third kappa shape index (κ3) is 2.32. The Hall–Kier alpha value is -1.02. The molecule has 0 bridgehead atoms. The molecule has 0 aromatic heterocycles. The van der Waals surface area contributed by atoms with Gasteiger partial charge in [0.05, 0.1) is 5.38 Å². The molecule has 0 amide bonds. The van der Waals surface area contributed by atoms with Crippen molar-refractivity contribution in [3.63, 3.8) is 0 Å². The first-order valence-electron chi connectivity index (χ1n) is 6.38. The van der Waals surface area contributed by atoms with Crippen LogP contribution in [0.15, 0.2) is 35.7 Å². The van der Waals surface area contributed by atoms with Crippen molar-refractivity contribution in [3.8, 4) is 0 Å². The van der Waals surface area contributed by atoms with Gasteiger partial charge in [-0.25, -0.2) is 0 Å². The van der Waals surface area contributed by atoms with Gasteiger partial charge >= 0.3 is 0 Å². The van der Waals surface area contributed by atoms with Crippen molar-refractivity contribution in [3.05, 3.63) is 41.3 Å². The Morgan fingerprint density at radius 1 is 1.00 bits per heavy atom. The molecule has 1 nitrogen and oxygen atoms in total. The fourth-order valence-electron chi connectivity index (χ4n) is 2.39. The minimum Gasteiger partial charge on any atom is -0.499 e. The second-order valence-corrected chi connectivity index (χ2v) is 10.9. The van der Waals surface area contributed by atoms with Crippen LogP contribution in [-0.4, -0.2) is 14.2 Å². The molecule has 0 saturated heterocycles. The third-order valence-electron chi connectivity index (χ3n) is 3.47. The standard InChI is InChI=1S/C15H22OSi/c1-11-12(2)16-15(17(3,4)5)14(11)13-9-7-6-8-10-13/h6-12H,1-5H3. The molecule has 0 aliphatic carbocycles. The lowest BCUT2D eigenvalue weighted by atomic mass is 9.93. The van der Waals surface area contributed by atoms with Crippen LogP contribution in [0.2, 0.25) is 19.6 Å². The minimum atomic E-state index is -1.40. The highest BCUT2D eigenvalue weighted by atomic mass is 28.3. The molecule has 1 aliphatic rings. The smallest absolute Gasteiger partial charge is 0.122 e. The van der Waals surface area contributed by atoms with E-state index in [1.54, 1.807) is 0 Å². The van der Waals surface area contributed by atoms with Gasteiger partial charge in [-0.05, 0) is 18.1 Å². The fourth-order valence-corrected chi connectivity index (χ4v) is 4.10. The monoisotopic (exact) mass is 246 g/mol. The summed E-state index contributed by atoms with van der Waals surface area (Å²) in [4.78, 5) is 0. The number of hydrogen-bond acceptors (Lipinski definition) is 1. The normalized spacial score (nSPS) is 25.0. The average Bonchev–Trinajstić information content (AvgIpc) is 2.57. The Balaban J connectivity index is 2.53. The highest BCUT2D eigenvalue weighted by molar-refractivity contribution is 6.83. The summed E-state index contributed by atoms with van der Waals surface area (Å²) in [7, 11) is -1.40. The van der Waals surface area contributed by atoms with Gasteiger partial charge in [0.1, 0.15) is 14.2 Å². The van der Waals surface area contributed by atoms with Gasteiger partial charge in [-0.1, -0.05) is 56.9 Å². The Morgan fingerprint density at radius 2 is 1.59 bits per heavy atom. The highest BCUT2D eigenvalue weighted by Gasteiger charge is 2.37. The summed E-state index contributed by atoms with van der Waals surface area (Å²) < 4.78 is 6.15. The van der Waals surface area contributed by atoms with Crippen molar-refractivity contribution in [1.29, 1.82) is 0 Å². The van der Waals surface area contributed by atoms with Gasteiger partial charge in [-0.15, -0.1) is 0 Å². The van der Waals surface area contributed by atoms with Crippen LogP contribution in [0.3, 0.4) is 0 Å². The minimum absolute atomic E-state index is 0.312. The number of benzene rings is 1. The van der Waals surface area contributed by atoms with E-state index in [2.05, 4.69) is 63.8 Å². The number of rotatable bonds is 2. The zero-order chi connectivity index (χ0) is 12.6. The van der Waals surface area contributed by atoms with Gasteiger partial charge in [0.25, 0.3) is 0 Å². The van der Waals surface area contributed by atoms with Crippen LogP contribution < -0.4 is 0 Å². The van der Waals surface area contributed by atoms with Crippen molar-refractivity contribution >= 4 is 13.6 Å². The Kier molecular flexibility index (Phi) is 3.17. The number of hydrogen-bond donors (Lipinski definition) is 0. The molecule has 1 aromatic rings. The van der Waals surface area contributed by atoms with Gasteiger partial charge in [0, 0.05) is 5.92 Å². The van der Waals surface area contributed by atoms with Crippen molar-refractivity contribution in [2.24, 2.45) is 5.92 Å². The van der Waals surface area contributed by atoms with Crippen LogP contribution in [0.1, 0.15) is 19.4 Å². The summed E-state index contributed by atoms with van der Waals surface area (Å²) in [6.07, 6.45) is 0.312. The van der Waals surface area contributed by atoms with Gasteiger partial charge in [0.2, 0.25) is 0 Å². The maximum absolute atomic E-state index is 6.15. The molecule has 0 spiro atoms. The molecule has 2 rings (SSSR count). The van der Waals surface area contributed by atoms with Crippen LogP contribution in [-0.2, 0) is 4.74 Å². The van der Waals surface area contributed by atoms with Gasteiger partial charge in [0.15, 0.2) is 0 Å². The van der Waals surface area contributed by atoms with Crippen molar-refractivity contribution < 1.29 is 4.74 Å². The molecular weight excluding hydrogens is 224 g/mol. The first kappa shape index (κ1) is 12.4. The van der Waals surface area contributed by atoms with E-state index >= 15 is 0 Å². The third-order valence-corrected chi connectivity index (χ3v) is 5.22. The molecule has 92 valence electrons. The fraction of sp³-hybridized carbons (Fsp3) is 0.467. The Bertz CT molecular complexity index is 428. The van der Waals surface area contributed by atoms with Crippen molar-refractivity contribution in [1.82, 2.24) is 0 Å². The molecule has 17 heavy (non-hydrogen) atoms. The Morgan fingerprint density at radius 3 is 2.12 bits per heavy atom. The predicted molar refractivity (Wildman–Crippen MR) is 76.4 cm³/mol. The lowest BCUT2D eigenvalue weighted by molar-refractivity contribution is 0.147. The van der Waals surface area contributed by atoms with E-state index in [9.17, 15) is 0 Å². The van der Waals surface area contributed by atoms with E-state index in [-0.39, 0.29) is 0 Å². The zero-order valence-corrected chi connectivity index (χ0v) is 12.4. The van der Waals surface area contributed by atoms with Gasteiger partial charge < -0.3 is 4.74 Å². The van der Waals surface area contributed by atoms with Crippen LogP contribution >= 0.6 is 0 Å². The molecular formula is C15H22OSi. The van der Waals surface area contributed by atoms with E-state index in [4.69, 9.17) is 4.74 Å². The van der Waals surface area contributed by atoms with E-state index in [1.165, 1.54) is 16.5 Å². The molecule has 2 heteroatoms. The van der Waals surface area contributed by atoms with Crippen LogP contribution in [0.5, 0.6) is 0 Å². The summed E-state index contributed by atoms with van der Waals surface area (Å²) in [6.45, 7) is 11.5. The lowest BCUT2D eigenvalue weighted by Crippen LogP contribution is -2.25. The second-order valence-electron chi connectivity index (χ2n) is 5.97. The molecule has 1 aliphatic heterocycles. The second kappa shape index (κ2) is 4.34. The largest absolute Gasteiger partial charge is 0.499 e. The predicted octanol–water partition coefficient (Wildman–Crippen LogP) is 4.33. The first-order valence-corrected chi connectivity index (χ1v) is 9.88. The number of ether oxygens (including phenoxy) is 1. The molecule has 2 atom stereocenters. The summed E-state index contributed by atoms with van der Waals surface area (Å²) in [5, 5.41) is 1.30. The maximum atomic E-state index is 6.15. The lowest BCUT2D eigenvalue weighted by Gasteiger charge is -2.20. The van der Waals surface area contributed by atoms with Crippen LogP contribution in [0.4, 0.5) is 0 Å². The molecule has 0 saturated carbocycles. The van der Waals surface area contributed by atoms with Crippen LogP contribution in [0.25, 0.3) is 5.57 Å². The summed E-state index contributed by atoms with van der Waals surface area (Å²) >= 11 is 0. The van der Waals surface area contributed by atoms with E-state index in [1.807, 2.05) is 0 Å². The van der Waals surface area contributed by atoms with Crippen molar-refractivity contribution in [2.75, 3.05) is 0 Å². The molecule has 1 heterocycles. The van der Waals surface area contributed by atoms with E-state index in [0.717, 1.165) is 0 Å². The topological polar surface area (TPSA) is 9.23 Å². The van der Waals surface area contributed by atoms with Gasteiger partial charge in [-0.3, -0.25) is 0 Å². The van der Waals surface area contributed by atoms with Gasteiger partial charge in [-0.2, -0.15) is 0 Å². The summed E-state index contributed by atoms with van der Waals surface area (Å²) in [6, 6.07) is 10.7. The molecule has 2 unspecified atom stereocenters. The summed E-state index contributed by atoms with van der Waals surface area (Å²) in [5.74, 6) is 0.499. The first-order chi connectivity index (χ1) is 7.91. The van der Waals surface area contributed by atoms with Crippen molar-refractivity contribution in [2.45, 2.75) is 39.6 Å².